The second-order valence-corrected chi connectivity index (χ2v) is 1.97. The van der Waals surface area contributed by atoms with Gasteiger partial charge in [-0.2, -0.15) is 0 Å². The fourth-order valence-corrected chi connectivity index (χ4v) is 0.708. The standard InChI is InChI=1S/C6H7ClO/c1-5-2-6(3-7)4-8-5/h2,4H,3H2,1H3. The molecule has 0 aromatic carbocycles. The maximum Gasteiger partial charge on any atom is 0.101 e. The molecule has 0 atom stereocenters. The summed E-state index contributed by atoms with van der Waals surface area (Å²) in [6.45, 7) is 1.90. The van der Waals surface area contributed by atoms with E-state index in [2.05, 4.69) is 0 Å². The first kappa shape index (κ1) is 5.70. The van der Waals surface area contributed by atoms with E-state index in [1.807, 2.05) is 13.0 Å². The van der Waals surface area contributed by atoms with Crippen LogP contribution in [-0.2, 0) is 5.88 Å². The normalized spacial score (nSPS) is 9.75. The van der Waals surface area contributed by atoms with E-state index in [0.29, 0.717) is 5.88 Å². The van der Waals surface area contributed by atoms with Gasteiger partial charge in [-0.15, -0.1) is 11.6 Å². The van der Waals surface area contributed by atoms with Crippen molar-refractivity contribution in [1.82, 2.24) is 0 Å². The smallest absolute Gasteiger partial charge is 0.101 e. The zero-order chi connectivity index (χ0) is 5.98. The highest BCUT2D eigenvalue weighted by molar-refractivity contribution is 6.17. The molecule has 0 saturated heterocycles. The molecular formula is C6H7ClO. The van der Waals surface area contributed by atoms with E-state index < -0.39 is 0 Å². The molecule has 0 amide bonds. The third-order valence-electron chi connectivity index (χ3n) is 0.939. The van der Waals surface area contributed by atoms with Crippen molar-refractivity contribution < 1.29 is 4.42 Å². The molecule has 2 heteroatoms. The van der Waals surface area contributed by atoms with Crippen LogP contribution in [0.1, 0.15) is 11.3 Å². The molecule has 0 saturated carbocycles. The van der Waals surface area contributed by atoms with Crippen LogP contribution in [0.5, 0.6) is 0 Å². The number of hydrogen-bond acceptors (Lipinski definition) is 1. The Morgan fingerprint density at radius 3 is 2.75 bits per heavy atom. The molecule has 0 aliphatic rings. The minimum atomic E-state index is 0.539. The fraction of sp³-hybridized carbons (Fsp3) is 0.333. The predicted octanol–water partition coefficient (Wildman–Crippen LogP) is 2.33. The maximum atomic E-state index is 5.48. The molecule has 0 unspecified atom stereocenters. The van der Waals surface area contributed by atoms with Crippen LogP contribution in [-0.4, -0.2) is 0 Å². The molecule has 0 spiro atoms. The van der Waals surface area contributed by atoms with Gasteiger partial charge >= 0.3 is 0 Å². The lowest BCUT2D eigenvalue weighted by Crippen LogP contribution is -1.64. The van der Waals surface area contributed by atoms with Gasteiger partial charge in [-0.1, -0.05) is 0 Å². The maximum absolute atomic E-state index is 5.48. The van der Waals surface area contributed by atoms with Crippen LogP contribution in [0.4, 0.5) is 0 Å². The van der Waals surface area contributed by atoms with E-state index in [9.17, 15) is 0 Å². The molecule has 1 rings (SSSR count). The van der Waals surface area contributed by atoms with Gasteiger partial charge in [0.1, 0.15) is 5.76 Å². The van der Waals surface area contributed by atoms with Gasteiger partial charge in [-0.25, -0.2) is 0 Å². The van der Waals surface area contributed by atoms with Crippen molar-refractivity contribution in [2.75, 3.05) is 0 Å². The minimum absolute atomic E-state index is 0.539. The van der Waals surface area contributed by atoms with Crippen LogP contribution in [0, 0.1) is 6.92 Å². The number of rotatable bonds is 1. The second kappa shape index (κ2) is 2.23. The molecule has 44 valence electrons. The number of halogens is 1. The van der Waals surface area contributed by atoms with Crippen LogP contribution < -0.4 is 0 Å². The van der Waals surface area contributed by atoms with E-state index in [0.717, 1.165) is 11.3 Å². The summed E-state index contributed by atoms with van der Waals surface area (Å²) in [6, 6.07) is 1.92. The molecule has 8 heavy (non-hydrogen) atoms. The number of furan rings is 1. The quantitative estimate of drug-likeness (QED) is 0.532. The Hall–Kier alpha value is -0.430. The van der Waals surface area contributed by atoms with Crippen molar-refractivity contribution in [3.8, 4) is 0 Å². The molecular weight excluding hydrogens is 124 g/mol. The molecule has 0 bridgehead atoms. The molecule has 0 N–H and O–H groups in total. The first-order valence-corrected chi connectivity index (χ1v) is 2.96. The van der Waals surface area contributed by atoms with Crippen molar-refractivity contribution in [1.29, 1.82) is 0 Å². The third kappa shape index (κ3) is 1.04. The van der Waals surface area contributed by atoms with E-state index in [-0.39, 0.29) is 0 Å². The number of aryl methyl sites for hydroxylation is 1. The third-order valence-corrected chi connectivity index (χ3v) is 1.25. The van der Waals surface area contributed by atoms with Crippen LogP contribution in [0.15, 0.2) is 16.7 Å². The van der Waals surface area contributed by atoms with Gasteiger partial charge in [0, 0.05) is 5.56 Å². The topological polar surface area (TPSA) is 13.1 Å². The highest BCUT2D eigenvalue weighted by Gasteiger charge is 1.92. The number of alkyl halides is 1. The van der Waals surface area contributed by atoms with Crippen LogP contribution in [0.2, 0.25) is 0 Å². The first-order chi connectivity index (χ1) is 3.83. The summed E-state index contributed by atoms with van der Waals surface area (Å²) in [5, 5.41) is 0. The van der Waals surface area contributed by atoms with E-state index in [1.54, 1.807) is 6.26 Å². The van der Waals surface area contributed by atoms with Gasteiger partial charge in [-0.3, -0.25) is 0 Å². The van der Waals surface area contributed by atoms with Crippen molar-refractivity contribution >= 4 is 11.6 Å². The monoisotopic (exact) mass is 130 g/mol. The molecule has 0 fully saturated rings. The van der Waals surface area contributed by atoms with Crippen LogP contribution >= 0.6 is 11.6 Å². The van der Waals surface area contributed by atoms with Crippen molar-refractivity contribution in [3.05, 3.63) is 23.7 Å². The fourth-order valence-electron chi connectivity index (χ4n) is 0.568. The summed E-state index contributed by atoms with van der Waals surface area (Å²) in [4.78, 5) is 0. The molecule has 0 aliphatic heterocycles. The largest absolute Gasteiger partial charge is 0.469 e. The van der Waals surface area contributed by atoms with Gasteiger partial charge < -0.3 is 4.42 Å². The summed E-state index contributed by atoms with van der Waals surface area (Å²) in [5.41, 5.74) is 1.05. The Labute approximate surface area is 53.3 Å². The van der Waals surface area contributed by atoms with Gasteiger partial charge in [0.15, 0.2) is 0 Å². The van der Waals surface area contributed by atoms with Crippen LogP contribution in [0.3, 0.4) is 0 Å². The first-order valence-electron chi connectivity index (χ1n) is 2.43. The summed E-state index contributed by atoms with van der Waals surface area (Å²) in [7, 11) is 0. The van der Waals surface area contributed by atoms with Crippen molar-refractivity contribution in [2.45, 2.75) is 12.8 Å². The average molecular weight is 131 g/mol. The molecule has 1 nitrogen and oxygen atoms in total. The molecule has 1 aromatic rings. The Kier molecular flexibility index (Phi) is 1.59. The van der Waals surface area contributed by atoms with E-state index >= 15 is 0 Å². The molecule has 1 aromatic heterocycles. The van der Waals surface area contributed by atoms with Gasteiger partial charge in [0.2, 0.25) is 0 Å². The highest BCUT2D eigenvalue weighted by Crippen LogP contribution is 2.07. The summed E-state index contributed by atoms with van der Waals surface area (Å²) < 4.78 is 4.97. The summed E-state index contributed by atoms with van der Waals surface area (Å²) >= 11 is 5.48. The average Bonchev–Trinajstić information content (AvgIpc) is 2.14. The van der Waals surface area contributed by atoms with Gasteiger partial charge in [-0.05, 0) is 13.0 Å². The zero-order valence-corrected chi connectivity index (χ0v) is 5.40. The zero-order valence-electron chi connectivity index (χ0n) is 4.65. The summed E-state index contributed by atoms with van der Waals surface area (Å²) in [5.74, 6) is 1.46. The van der Waals surface area contributed by atoms with Crippen LogP contribution in [0.25, 0.3) is 0 Å². The minimum Gasteiger partial charge on any atom is -0.469 e. The van der Waals surface area contributed by atoms with Gasteiger partial charge in [0.05, 0.1) is 12.1 Å². The van der Waals surface area contributed by atoms with Crippen molar-refractivity contribution in [3.63, 3.8) is 0 Å². The summed E-state index contributed by atoms with van der Waals surface area (Å²) in [6.07, 6.45) is 1.67. The van der Waals surface area contributed by atoms with E-state index in [4.69, 9.17) is 16.0 Å². The predicted molar refractivity (Wildman–Crippen MR) is 33.0 cm³/mol. The highest BCUT2D eigenvalue weighted by atomic mass is 35.5. The Morgan fingerprint density at radius 2 is 2.50 bits per heavy atom. The molecule has 0 radical (unpaired) electrons. The lowest BCUT2D eigenvalue weighted by molar-refractivity contribution is 0.532. The lowest BCUT2D eigenvalue weighted by atomic mass is 10.3. The Morgan fingerprint density at radius 1 is 1.75 bits per heavy atom. The van der Waals surface area contributed by atoms with Crippen molar-refractivity contribution in [2.24, 2.45) is 0 Å². The lowest BCUT2D eigenvalue weighted by Gasteiger charge is -1.75. The molecule has 1 heterocycles. The Balaban J connectivity index is 2.84. The Bertz CT molecular complexity index is 169. The number of hydrogen-bond donors (Lipinski definition) is 0. The van der Waals surface area contributed by atoms with E-state index in [1.165, 1.54) is 0 Å². The SMILES string of the molecule is Cc1cc(CCl)co1. The second-order valence-electron chi connectivity index (χ2n) is 1.70. The molecule has 0 aliphatic carbocycles. The van der Waals surface area contributed by atoms with Gasteiger partial charge in [0.25, 0.3) is 0 Å².